The molecule has 5 nitrogen and oxygen atoms in total. The third kappa shape index (κ3) is 2.53. The smallest absolute Gasteiger partial charge is 0.324 e. The normalized spacial score (nSPS) is 10.8. The highest BCUT2D eigenvalue weighted by Crippen LogP contribution is 2.32. The Balaban J connectivity index is 1.75. The minimum atomic E-state index is 0.310. The minimum Gasteiger partial charge on any atom is -0.424 e. The fraction of sp³-hybridized carbons (Fsp3) is 0.0556. The number of para-hydroxylation sites is 1. The van der Waals surface area contributed by atoms with Gasteiger partial charge in [-0.25, -0.2) is 9.97 Å². The number of aryl methyl sites for hydroxylation is 1. The van der Waals surface area contributed by atoms with Crippen LogP contribution in [0.1, 0.15) is 0 Å². The molecule has 0 aliphatic carbocycles. The molecular formula is C18H14N4O. The summed E-state index contributed by atoms with van der Waals surface area (Å²) < 4.78 is 7.77. The van der Waals surface area contributed by atoms with Crippen LogP contribution in [0.15, 0.2) is 67.1 Å². The van der Waals surface area contributed by atoms with Gasteiger partial charge in [0.15, 0.2) is 5.65 Å². The summed E-state index contributed by atoms with van der Waals surface area (Å²) in [6, 6.07) is 18.3. The standard InChI is InChI=1S/C18H14N4O/c1-22-12-20-15-11-19-18(21-17(15)22)23-16-10-6-5-9-14(16)13-7-3-2-4-8-13/h2-12H,1H3. The molecule has 5 heteroatoms. The van der Waals surface area contributed by atoms with Gasteiger partial charge in [0.2, 0.25) is 0 Å². The quantitative estimate of drug-likeness (QED) is 0.577. The van der Waals surface area contributed by atoms with E-state index in [4.69, 9.17) is 4.74 Å². The molecule has 0 saturated carbocycles. The number of rotatable bonds is 3. The highest BCUT2D eigenvalue weighted by Gasteiger charge is 2.10. The monoisotopic (exact) mass is 302 g/mol. The van der Waals surface area contributed by atoms with Crippen molar-refractivity contribution in [3.05, 3.63) is 67.1 Å². The van der Waals surface area contributed by atoms with Crippen LogP contribution in [-0.4, -0.2) is 19.5 Å². The second-order valence-corrected chi connectivity index (χ2v) is 5.18. The van der Waals surface area contributed by atoms with Crippen molar-refractivity contribution in [3.8, 4) is 22.9 Å². The predicted octanol–water partition coefficient (Wildman–Crippen LogP) is 3.82. The van der Waals surface area contributed by atoms with Crippen LogP contribution < -0.4 is 4.74 Å². The molecule has 0 bridgehead atoms. The third-order valence-electron chi connectivity index (χ3n) is 3.61. The first-order valence-corrected chi connectivity index (χ1v) is 7.27. The first kappa shape index (κ1) is 13.5. The molecule has 0 fully saturated rings. The van der Waals surface area contributed by atoms with Gasteiger partial charge in [-0.1, -0.05) is 48.5 Å². The molecule has 0 radical (unpaired) electrons. The molecule has 2 aromatic carbocycles. The van der Waals surface area contributed by atoms with Crippen LogP contribution in [0.3, 0.4) is 0 Å². The van der Waals surface area contributed by atoms with E-state index in [-0.39, 0.29) is 0 Å². The van der Waals surface area contributed by atoms with Gasteiger partial charge in [-0.3, -0.25) is 0 Å². The average molecular weight is 302 g/mol. The van der Waals surface area contributed by atoms with E-state index in [0.29, 0.717) is 6.01 Å². The Bertz CT molecular complexity index is 963. The summed E-state index contributed by atoms with van der Waals surface area (Å²) in [4.78, 5) is 12.9. The zero-order chi connectivity index (χ0) is 15.6. The number of imidazole rings is 1. The van der Waals surface area contributed by atoms with E-state index in [2.05, 4.69) is 15.0 Å². The Hall–Kier alpha value is -3.21. The maximum absolute atomic E-state index is 5.93. The van der Waals surface area contributed by atoms with Crippen LogP contribution in [0.25, 0.3) is 22.3 Å². The van der Waals surface area contributed by atoms with E-state index in [0.717, 1.165) is 28.0 Å². The van der Waals surface area contributed by atoms with Crippen LogP contribution in [0.5, 0.6) is 11.8 Å². The Morgan fingerprint density at radius 2 is 1.70 bits per heavy atom. The molecule has 0 amide bonds. The van der Waals surface area contributed by atoms with Crippen LogP contribution >= 0.6 is 0 Å². The molecule has 112 valence electrons. The lowest BCUT2D eigenvalue weighted by Gasteiger charge is -2.10. The van der Waals surface area contributed by atoms with Gasteiger partial charge in [0, 0.05) is 12.6 Å². The number of hydrogen-bond acceptors (Lipinski definition) is 4. The lowest BCUT2D eigenvalue weighted by atomic mass is 10.1. The van der Waals surface area contributed by atoms with Gasteiger partial charge in [0.05, 0.1) is 12.5 Å². The molecule has 0 N–H and O–H groups in total. The van der Waals surface area contributed by atoms with Gasteiger partial charge in [-0.2, -0.15) is 4.98 Å². The van der Waals surface area contributed by atoms with Crippen molar-refractivity contribution < 1.29 is 4.74 Å². The number of aromatic nitrogens is 4. The SMILES string of the molecule is Cn1cnc2cnc(Oc3ccccc3-c3ccccc3)nc21. The number of benzene rings is 2. The van der Waals surface area contributed by atoms with Crippen LogP contribution in [-0.2, 0) is 7.05 Å². The van der Waals surface area contributed by atoms with Crippen molar-refractivity contribution in [1.82, 2.24) is 19.5 Å². The summed E-state index contributed by atoms with van der Waals surface area (Å²) in [6.07, 6.45) is 3.38. The van der Waals surface area contributed by atoms with Gasteiger partial charge >= 0.3 is 6.01 Å². The van der Waals surface area contributed by atoms with Crippen LogP contribution in [0.4, 0.5) is 0 Å². The zero-order valence-corrected chi connectivity index (χ0v) is 12.5. The molecular weight excluding hydrogens is 288 g/mol. The molecule has 0 unspecified atom stereocenters. The zero-order valence-electron chi connectivity index (χ0n) is 12.5. The molecule has 0 atom stereocenters. The van der Waals surface area contributed by atoms with Crippen molar-refractivity contribution in [2.45, 2.75) is 0 Å². The molecule has 23 heavy (non-hydrogen) atoms. The summed E-state index contributed by atoms with van der Waals surface area (Å²) in [7, 11) is 1.89. The summed E-state index contributed by atoms with van der Waals surface area (Å²) in [5, 5.41) is 0. The first-order valence-electron chi connectivity index (χ1n) is 7.27. The molecule has 0 aliphatic heterocycles. The average Bonchev–Trinajstić information content (AvgIpc) is 2.97. The highest BCUT2D eigenvalue weighted by atomic mass is 16.5. The fourth-order valence-corrected chi connectivity index (χ4v) is 2.46. The van der Waals surface area contributed by atoms with E-state index in [9.17, 15) is 0 Å². The van der Waals surface area contributed by atoms with Gasteiger partial charge in [0.25, 0.3) is 0 Å². The van der Waals surface area contributed by atoms with Gasteiger partial charge in [-0.05, 0) is 11.6 Å². The molecule has 4 rings (SSSR count). The first-order chi connectivity index (χ1) is 11.3. The van der Waals surface area contributed by atoms with Crippen LogP contribution in [0, 0.1) is 0 Å². The largest absolute Gasteiger partial charge is 0.424 e. The van der Waals surface area contributed by atoms with Gasteiger partial charge in [-0.15, -0.1) is 0 Å². The lowest BCUT2D eigenvalue weighted by molar-refractivity contribution is 0.445. The Kier molecular flexibility index (Phi) is 3.24. The highest BCUT2D eigenvalue weighted by molar-refractivity contribution is 5.71. The second-order valence-electron chi connectivity index (χ2n) is 5.18. The summed E-state index contributed by atoms with van der Waals surface area (Å²) in [5.41, 5.74) is 3.58. The molecule has 0 aliphatic rings. The lowest BCUT2D eigenvalue weighted by Crippen LogP contribution is -1.96. The van der Waals surface area contributed by atoms with Crippen molar-refractivity contribution in [1.29, 1.82) is 0 Å². The molecule has 0 saturated heterocycles. The van der Waals surface area contributed by atoms with E-state index in [1.807, 2.05) is 66.2 Å². The summed E-state index contributed by atoms with van der Waals surface area (Å²) in [5.74, 6) is 0.722. The number of hydrogen-bond donors (Lipinski definition) is 0. The van der Waals surface area contributed by atoms with Crippen molar-refractivity contribution in [2.24, 2.45) is 7.05 Å². The molecule has 2 aromatic heterocycles. The number of ether oxygens (including phenoxy) is 1. The summed E-state index contributed by atoms with van der Waals surface area (Å²) in [6.45, 7) is 0. The number of fused-ring (bicyclic) bond motifs is 1. The van der Waals surface area contributed by atoms with Gasteiger partial charge in [0.1, 0.15) is 11.3 Å². The van der Waals surface area contributed by atoms with Crippen molar-refractivity contribution >= 4 is 11.2 Å². The van der Waals surface area contributed by atoms with E-state index >= 15 is 0 Å². The molecule has 2 heterocycles. The van der Waals surface area contributed by atoms with E-state index < -0.39 is 0 Å². The maximum Gasteiger partial charge on any atom is 0.324 e. The van der Waals surface area contributed by atoms with Crippen molar-refractivity contribution in [2.75, 3.05) is 0 Å². The Morgan fingerprint density at radius 1 is 0.913 bits per heavy atom. The number of nitrogens with zero attached hydrogens (tertiary/aromatic N) is 4. The van der Waals surface area contributed by atoms with Crippen molar-refractivity contribution in [3.63, 3.8) is 0 Å². The Labute approximate surface area is 133 Å². The minimum absolute atomic E-state index is 0.310. The second kappa shape index (κ2) is 5.53. The summed E-state index contributed by atoms with van der Waals surface area (Å²) >= 11 is 0. The molecule has 0 spiro atoms. The van der Waals surface area contributed by atoms with Crippen LogP contribution in [0.2, 0.25) is 0 Å². The Morgan fingerprint density at radius 3 is 2.57 bits per heavy atom. The predicted molar refractivity (Wildman–Crippen MR) is 88.3 cm³/mol. The maximum atomic E-state index is 5.93. The third-order valence-corrected chi connectivity index (χ3v) is 3.61. The molecule has 4 aromatic rings. The topological polar surface area (TPSA) is 52.8 Å². The van der Waals surface area contributed by atoms with E-state index in [1.165, 1.54) is 0 Å². The van der Waals surface area contributed by atoms with Gasteiger partial charge < -0.3 is 9.30 Å². The fourth-order valence-electron chi connectivity index (χ4n) is 2.46. The van der Waals surface area contributed by atoms with E-state index in [1.54, 1.807) is 12.5 Å².